The van der Waals surface area contributed by atoms with Crippen molar-refractivity contribution in [3.05, 3.63) is 28.8 Å². The van der Waals surface area contributed by atoms with E-state index in [2.05, 4.69) is 34.3 Å². The zero-order valence-electron chi connectivity index (χ0n) is 13.3. The fraction of sp³-hybridized carbons (Fsp3) is 0.556. The maximum Gasteiger partial charge on any atom is 0.165 e. The highest BCUT2D eigenvalue weighted by atomic mass is 16.6. The number of allylic oxidation sites excluding steroid dienone is 1. The van der Waals surface area contributed by atoms with Crippen LogP contribution in [0.2, 0.25) is 0 Å². The Morgan fingerprint density at radius 2 is 1.35 bits per heavy atom. The van der Waals surface area contributed by atoms with Crippen LogP contribution >= 0.6 is 0 Å². The number of hydrogen-bond acceptors (Lipinski definition) is 2. The maximum absolute atomic E-state index is 5.96. The average molecular weight is 274 g/mol. The third kappa shape index (κ3) is 2.32. The van der Waals surface area contributed by atoms with Crippen LogP contribution in [0.1, 0.15) is 56.4 Å². The van der Waals surface area contributed by atoms with Crippen LogP contribution in [0, 0.1) is 0 Å². The van der Waals surface area contributed by atoms with Crippen molar-refractivity contribution < 1.29 is 9.47 Å². The van der Waals surface area contributed by atoms with Gasteiger partial charge in [-0.15, -0.1) is 0 Å². The maximum atomic E-state index is 5.96. The monoisotopic (exact) mass is 274 g/mol. The van der Waals surface area contributed by atoms with Gasteiger partial charge in [-0.2, -0.15) is 0 Å². The molecule has 1 aromatic rings. The Bertz CT molecular complexity index is 490. The van der Waals surface area contributed by atoms with E-state index in [4.69, 9.17) is 9.47 Å². The molecule has 0 radical (unpaired) electrons. The summed E-state index contributed by atoms with van der Waals surface area (Å²) in [6.07, 6.45) is 3.92. The third-order valence-electron chi connectivity index (χ3n) is 4.14. The minimum absolute atomic E-state index is 0.646. The average Bonchev–Trinajstić information content (AvgIpc) is 2.51. The lowest BCUT2D eigenvalue weighted by Crippen LogP contribution is -2.20. The van der Waals surface area contributed by atoms with E-state index in [0.29, 0.717) is 13.2 Å². The Hall–Kier alpha value is -1.44. The Labute approximate surface area is 122 Å². The van der Waals surface area contributed by atoms with E-state index in [1.807, 2.05) is 0 Å². The molecule has 20 heavy (non-hydrogen) atoms. The van der Waals surface area contributed by atoms with E-state index in [1.54, 1.807) is 0 Å². The number of ether oxygens (including phenoxy) is 2. The summed E-state index contributed by atoms with van der Waals surface area (Å²) in [5.74, 6) is 1.96. The molecule has 0 saturated carbocycles. The second kappa shape index (κ2) is 6.34. The molecular formula is C18H26O2. The normalized spacial score (nSPS) is 13.4. The summed E-state index contributed by atoms with van der Waals surface area (Å²) in [6.45, 7) is 14.4. The van der Waals surface area contributed by atoms with Gasteiger partial charge >= 0.3 is 0 Å². The van der Waals surface area contributed by atoms with Gasteiger partial charge < -0.3 is 9.47 Å². The first-order chi connectivity index (χ1) is 9.69. The summed E-state index contributed by atoms with van der Waals surface area (Å²) in [4.78, 5) is 0. The van der Waals surface area contributed by atoms with Gasteiger partial charge in [-0.25, -0.2) is 0 Å². The zero-order valence-corrected chi connectivity index (χ0v) is 13.3. The van der Waals surface area contributed by atoms with E-state index < -0.39 is 0 Å². The van der Waals surface area contributed by atoms with Gasteiger partial charge in [0.2, 0.25) is 0 Å². The highest BCUT2D eigenvalue weighted by Gasteiger charge is 2.26. The van der Waals surface area contributed by atoms with Crippen molar-refractivity contribution in [2.75, 3.05) is 13.2 Å². The summed E-state index contributed by atoms with van der Waals surface area (Å²) in [5, 5.41) is 0. The van der Waals surface area contributed by atoms with Gasteiger partial charge in [-0.1, -0.05) is 34.3 Å². The summed E-state index contributed by atoms with van der Waals surface area (Å²) in [5.41, 5.74) is 6.54. The van der Waals surface area contributed by atoms with Crippen LogP contribution in [0.5, 0.6) is 11.5 Å². The first-order valence-electron chi connectivity index (χ1n) is 7.83. The van der Waals surface area contributed by atoms with Gasteiger partial charge in [-0.3, -0.25) is 0 Å². The van der Waals surface area contributed by atoms with Crippen molar-refractivity contribution in [1.29, 1.82) is 0 Å². The lowest BCUT2D eigenvalue weighted by atomic mass is 9.85. The Morgan fingerprint density at radius 1 is 0.850 bits per heavy atom. The van der Waals surface area contributed by atoms with E-state index in [-0.39, 0.29) is 0 Å². The van der Waals surface area contributed by atoms with Crippen molar-refractivity contribution in [2.24, 2.45) is 0 Å². The fourth-order valence-electron chi connectivity index (χ4n) is 3.16. The highest BCUT2D eigenvalue weighted by Crippen LogP contribution is 2.45. The van der Waals surface area contributed by atoms with Crippen molar-refractivity contribution in [3.8, 4) is 11.5 Å². The van der Waals surface area contributed by atoms with Crippen LogP contribution in [-0.4, -0.2) is 13.2 Å². The standard InChI is InChI=1S/C18H26O2/c1-6-12(5)16-13(7-2)14(8-3)17-18(15(16)9-4)20-11-10-19-17/h5-11H2,1-4H3. The molecule has 0 bridgehead atoms. The summed E-state index contributed by atoms with van der Waals surface area (Å²) in [6, 6.07) is 0. The second-order valence-corrected chi connectivity index (χ2v) is 5.18. The predicted molar refractivity (Wildman–Crippen MR) is 84.9 cm³/mol. The molecule has 0 aromatic heterocycles. The molecule has 0 aliphatic carbocycles. The smallest absolute Gasteiger partial charge is 0.165 e. The predicted octanol–water partition coefficient (Wildman–Crippen LogP) is 4.57. The quantitative estimate of drug-likeness (QED) is 0.783. The van der Waals surface area contributed by atoms with Crippen molar-refractivity contribution >= 4 is 5.57 Å². The van der Waals surface area contributed by atoms with E-state index >= 15 is 0 Å². The molecule has 2 nitrogen and oxygen atoms in total. The molecule has 1 heterocycles. The van der Waals surface area contributed by atoms with Gasteiger partial charge in [0.25, 0.3) is 0 Å². The zero-order chi connectivity index (χ0) is 14.7. The molecule has 1 aromatic carbocycles. The molecule has 110 valence electrons. The van der Waals surface area contributed by atoms with Crippen LogP contribution in [0.15, 0.2) is 6.58 Å². The van der Waals surface area contributed by atoms with Crippen LogP contribution in [-0.2, 0) is 19.3 Å². The first-order valence-corrected chi connectivity index (χ1v) is 7.83. The fourth-order valence-corrected chi connectivity index (χ4v) is 3.16. The molecule has 2 rings (SSSR count). The molecule has 0 amide bonds. The molecular weight excluding hydrogens is 248 g/mol. The van der Waals surface area contributed by atoms with Crippen molar-refractivity contribution in [1.82, 2.24) is 0 Å². The van der Waals surface area contributed by atoms with Gasteiger partial charge in [0, 0.05) is 11.1 Å². The Kier molecular flexibility index (Phi) is 4.74. The molecule has 0 saturated heterocycles. The van der Waals surface area contributed by atoms with Crippen LogP contribution in [0.3, 0.4) is 0 Å². The van der Waals surface area contributed by atoms with Crippen molar-refractivity contribution in [2.45, 2.75) is 53.4 Å². The van der Waals surface area contributed by atoms with Crippen LogP contribution < -0.4 is 9.47 Å². The van der Waals surface area contributed by atoms with Crippen molar-refractivity contribution in [3.63, 3.8) is 0 Å². The molecule has 0 unspecified atom stereocenters. The number of fused-ring (bicyclic) bond motifs is 1. The molecule has 1 aliphatic rings. The summed E-state index contributed by atoms with van der Waals surface area (Å²) < 4.78 is 11.9. The summed E-state index contributed by atoms with van der Waals surface area (Å²) in [7, 11) is 0. The van der Waals surface area contributed by atoms with E-state index in [0.717, 1.165) is 37.2 Å². The SMILES string of the molecule is C=C(CC)c1c(CC)c(CC)c2c(c1CC)OCCO2. The van der Waals surface area contributed by atoms with Gasteiger partial charge in [0.15, 0.2) is 11.5 Å². The molecule has 1 aliphatic heterocycles. The minimum Gasteiger partial charge on any atom is -0.486 e. The summed E-state index contributed by atoms with van der Waals surface area (Å²) >= 11 is 0. The number of benzene rings is 1. The molecule has 2 heteroatoms. The molecule has 0 fully saturated rings. The number of rotatable bonds is 5. The lowest BCUT2D eigenvalue weighted by molar-refractivity contribution is 0.168. The highest BCUT2D eigenvalue weighted by molar-refractivity contribution is 5.76. The lowest BCUT2D eigenvalue weighted by Gasteiger charge is -2.28. The van der Waals surface area contributed by atoms with Gasteiger partial charge in [0.1, 0.15) is 13.2 Å². The molecule has 0 atom stereocenters. The molecule has 0 spiro atoms. The number of hydrogen-bond donors (Lipinski definition) is 0. The first kappa shape index (κ1) is 15.0. The van der Waals surface area contributed by atoms with Crippen LogP contribution in [0.25, 0.3) is 5.57 Å². The third-order valence-corrected chi connectivity index (χ3v) is 4.14. The Morgan fingerprint density at radius 3 is 1.80 bits per heavy atom. The molecule has 0 N–H and O–H groups in total. The largest absolute Gasteiger partial charge is 0.486 e. The van der Waals surface area contributed by atoms with Gasteiger partial charge in [-0.05, 0) is 42.4 Å². The van der Waals surface area contributed by atoms with Crippen LogP contribution in [0.4, 0.5) is 0 Å². The van der Waals surface area contributed by atoms with E-state index in [1.165, 1.54) is 27.8 Å². The minimum atomic E-state index is 0.646. The second-order valence-electron chi connectivity index (χ2n) is 5.18. The van der Waals surface area contributed by atoms with E-state index in [9.17, 15) is 0 Å². The topological polar surface area (TPSA) is 18.5 Å². The van der Waals surface area contributed by atoms with Gasteiger partial charge in [0.05, 0.1) is 0 Å². The Balaban J connectivity index is 2.80.